The van der Waals surface area contributed by atoms with Crippen LogP contribution in [0.3, 0.4) is 0 Å². The van der Waals surface area contributed by atoms with Crippen LogP contribution in [0.25, 0.3) is 0 Å². The highest BCUT2D eigenvalue weighted by Crippen LogP contribution is 2.31. The monoisotopic (exact) mass is 385 g/mol. The maximum absolute atomic E-state index is 12.7. The van der Waals surface area contributed by atoms with Crippen molar-refractivity contribution in [3.63, 3.8) is 0 Å². The van der Waals surface area contributed by atoms with Crippen molar-refractivity contribution in [2.24, 2.45) is 0 Å². The molecule has 1 aromatic rings. The van der Waals surface area contributed by atoms with Crippen molar-refractivity contribution in [2.45, 2.75) is 30.2 Å². The maximum Gasteiger partial charge on any atom is 0.244 e. The van der Waals surface area contributed by atoms with Crippen LogP contribution in [0.5, 0.6) is 0 Å². The highest BCUT2D eigenvalue weighted by molar-refractivity contribution is 9.09. The molecule has 0 aliphatic carbocycles. The Morgan fingerprint density at radius 1 is 1.32 bits per heavy atom. The largest absolute Gasteiger partial charge is 0.244 e. The summed E-state index contributed by atoms with van der Waals surface area (Å²) in [6, 6.07) is 4.50. The quantitative estimate of drug-likeness (QED) is 0.738. The molecule has 2 rings (SSSR count). The van der Waals surface area contributed by atoms with Gasteiger partial charge in [-0.15, -0.1) is 0 Å². The molecule has 0 aromatic heterocycles. The standard InChI is InChI=1S/C12H14BrCl2NO2S/c13-8-10-3-1-2-6-16(10)19(17,18)12-7-9(14)4-5-11(12)15/h4-5,7,10H,1-3,6,8H2. The smallest absolute Gasteiger partial charge is 0.207 e. The zero-order valence-electron chi connectivity index (χ0n) is 10.2. The molecule has 1 aliphatic rings. The molecule has 7 heteroatoms. The molecular weight excluding hydrogens is 373 g/mol. The first-order valence-corrected chi connectivity index (χ1v) is 9.31. The molecule has 0 spiro atoms. The van der Waals surface area contributed by atoms with Crippen molar-refractivity contribution in [3.8, 4) is 0 Å². The minimum Gasteiger partial charge on any atom is -0.207 e. The topological polar surface area (TPSA) is 37.4 Å². The van der Waals surface area contributed by atoms with E-state index in [1.54, 1.807) is 6.07 Å². The first kappa shape index (κ1) is 15.6. The van der Waals surface area contributed by atoms with E-state index in [1.165, 1.54) is 16.4 Å². The number of hydrogen-bond acceptors (Lipinski definition) is 2. The van der Waals surface area contributed by atoms with Gasteiger partial charge < -0.3 is 0 Å². The molecule has 106 valence electrons. The predicted molar refractivity (Wildman–Crippen MR) is 81.8 cm³/mol. The summed E-state index contributed by atoms with van der Waals surface area (Å²) in [6.45, 7) is 0.529. The Bertz CT molecular complexity index is 565. The van der Waals surface area contributed by atoms with Gasteiger partial charge >= 0.3 is 0 Å². The van der Waals surface area contributed by atoms with E-state index in [-0.39, 0.29) is 16.0 Å². The number of rotatable bonds is 3. The van der Waals surface area contributed by atoms with E-state index in [1.807, 2.05) is 0 Å². The van der Waals surface area contributed by atoms with Crippen molar-refractivity contribution in [3.05, 3.63) is 28.2 Å². The van der Waals surface area contributed by atoms with Crippen LogP contribution in [-0.4, -0.2) is 30.6 Å². The molecule has 0 saturated carbocycles. The third kappa shape index (κ3) is 3.27. The Labute approximate surface area is 132 Å². The molecule has 1 aromatic carbocycles. The van der Waals surface area contributed by atoms with Crippen LogP contribution >= 0.6 is 39.1 Å². The van der Waals surface area contributed by atoms with Crippen LogP contribution in [-0.2, 0) is 10.0 Å². The van der Waals surface area contributed by atoms with Gasteiger partial charge in [-0.05, 0) is 31.0 Å². The fraction of sp³-hybridized carbons (Fsp3) is 0.500. The molecule has 1 unspecified atom stereocenters. The van der Waals surface area contributed by atoms with Gasteiger partial charge in [-0.3, -0.25) is 0 Å². The van der Waals surface area contributed by atoms with Crippen molar-refractivity contribution < 1.29 is 8.42 Å². The first-order valence-electron chi connectivity index (χ1n) is 5.99. The fourth-order valence-electron chi connectivity index (χ4n) is 2.25. The van der Waals surface area contributed by atoms with Crippen LogP contribution in [0.1, 0.15) is 19.3 Å². The van der Waals surface area contributed by atoms with Gasteiger partial charge in [0.05, 0.1) is 5.02 Å². The van der Waals surface area contributed by atoms with Gasteiger partial charge in [-0.1, -0.05) is 45.6 Å². The summed E-state index contributed by atoms with van der Waals surface area (Å²) in [6.07, 6.45) is 2.79. The predicted octanol–water partition coefficient (Wildman–Crippen LogP) is 3.93. The van der Waals surface area contributed by atoms with Crippen molar-refractivity contribution in [1.82, 2.24) is 4.31 Å². The minimum atomic E-state index is -3.59. The van der Waals surface area contributed by atoms with Crippen LogP contribution < -0.4 is 0 Å². The Morgan fingerprint density at radius 2 is 2.05 bits per heavy atom. The lowest BCUT2D eigenvalue weighted by Crippen LogP contribution is -2.44. The molecule has 0 N–H and O–H groups in total. The van der Waals surface area contributed by atoms with Gasteiger partial charge in [-0.25, -0.2) is 8.42 Å². The normalized spacial score (nSPS) is 21.5. The van der Waals surface area contributed by atoms with Crippen molar-refractivity contribution in [2.75, 3.05) is 11.9 Å². The number of sulfonamides is 1. The molecule has 0 bridgehead atoms. The van der Waals surface area contributed by atoms with Crippen molar-refractivity contribution in [1.29, 1.82) is 0 Å². The number of hydrogen-bond donors (Lipinski definition) is 0. The Balaban J connectivity index is 2.43. The van der Waals surface area contributed by atoms with E-state index in [2.05, 4.69) is 15.9 Å². The second-order valence-electron chi connectivity index (χ2n) is 4.49. The fourth-order valence-corrected chi connectivity index (χ4v) is 5.54. The van der Waals surface area contributed by atoms with E-state index >= 15 is 0 Å². The third-order valence-electron chi connectivity index (χ3n) is 3.23. The number of nitrogens with zero attached hydrogens (tertiary/aromatic N) is 1. The summed E-state index contributed by atoms with van der Waals surface area (Å²) in [5, 5.41) is 1.21. The van der Waals surface area contributed by atoms with Gasteiger partial charge in [0.2, 0.25) is 10.0 Å². The SMILES string of the molecule is O=S(=O)(c1cc(Cl)ccc1Cl)N1CCCCC1CBr. The molecule has 1 aliphatic heterocycles. The van der Waals surface area contributed by atoms with E-state index in [0.717, 1.165) is 19.3 Å². The molecule has 3 nitrogen and oxygen atoms in total. The van der Waals surface area contributed by atoms with E-state index in [9.17, 15) is 8.42 Å². The molecule has 0 amide bonds. The van der Waals surface area contributed by atoms with Crippen LogP contribution in [0.2, 0.25) is 10.0 Å². The van der Waals surface area contributed by atoms with Gasteiger partial charge in [0.15, 0.2) is 0 Å². The van der Waals surface area contributed by atoms with Gasteiger partial charge in [-0.2, -0.15) is 4.31 Å². The second kappa shape index (κ2) is 6.31. The molecule has 1 atom stereocenters. The number of piperidine rings is 1. The van der Waals surface area contributed by atoms with Gasteiger partial charge in [0.1, 0.15) is 4.90 Å². The minimum absolute atomic E-state index is 0.0196. The second-order valence-corrected chi connectivity index (χ2v) is 7.84. The number of benzene rings is 1. The summed E-state index contributed by atoms with van der Waals surface area (Å²) in [4.78, 5) is 0.0921. The summed E-state index contributed by atoms with van der Waals surface area (Å²) in [5.41, 5.74) is 0. The zero-order valence-corrected chi connectivity index (χ0v) is 14.1. The van der Waals surface area contributed by atoms with E-state index in [4.69, 9.17) is 23.2 Å². The first-order chi connectivity index (χ1) is 8.96. The van der Waals surface area contributed by atoms with E-state index < -0.39 is 10.0 Å². The Hall–Kier alpha value is 0.190. The molecule has 1 heterocycles. The zero-order chi connectivity index (χ0) is 14.0. The summed E-state index contributed by atoms with van der Waals surface area (Å²) in [5.74, 6) is 0. The van der Waals surface area contributed by atoms with E-state index in [0.29, 0.717) is 16.9 Å². The van der Waals surface area contributed by atoms with Crippen LogP contribution in [0, 0.1) is 0 Å². The molecule has 19 heavy (non-hydrogen) atoms. The highest BCUT2D eigenvalue weighted by atomic mass is 79.9. The molecule has 1 saturated heterocycles. The lowest BCUT2D eigenvalue weighted by Gasteiger charge is -2.33. The van der Waals surface area contributed by atoms with Crippen LogP contribution in [0.15, 0.2) is 23.1 Å². The lowest BCUT2D eigenvalue weighted by atomic mass is 10.1. The lowest BCUT2D eigenvalue weighted by molar-refractivity contribution is 0.273. The van der Waals surface area contributed by atoms with Gasteiger partial charge in [0.25, 0.3) is 0 Å². The van der Waals surface area contributed by atoms with Crippen LogP contribution in [0.4, 0.5) is 0 Å². The Kier molecular flexibility index (Phi) is 5.17. The average molecular weight is 387 g/mol. The number of halogens is 3. The Morgan fingerprint density at radius 3 is 2.74 bits per heavy atom. The summed E-state index contributed by atoms with van der Waals surface area (Å²) in [7, 11) is -3.59. The number of alkyl halides is 1. The average Bonchev–Trinajstić information content (AvgIpc) is 2.41. The molecule has 1 fully saturated rings. The van der Waals surface area contributed by atoms with Crippen molar-refractivity contribution >= 4 is 49.2 Å². The third-order valence-corrected chi connectivity index (χ3v) is 6.65. The molecule has 0 radical (unpaired) electrons. The summed E-state index contributed by atoms with van der Waals surface area (Å²) >= 11 is 15.3. The maximum atomic E-state index is 12.7. The van der Waals surface area contributed by atoms with Gasteiger partial charge in [0, 0.05) is 22.9 Å². The highest BCUT2D eigenvalue weighted by Gasteiger charge is 2.34. The summed E-state index contributed by atoms with van der Waals surface area (Å²) < 4.78 is 26.9. The molecular formula is C12H14BrCl2NO2S.